The maximum atomic E-state index is 14.1. The van der Waals surface area contributed by atoms with E-state index in [1.165, 1.54) is 16.8 Å². The standard InChI is InChI=1S/C18H22F2N4O/c1-2-3-9-21-18(25)23-15-5-4-6-16-13(15)11-22-24(16)17-8-7-12(19)10-14(17)20/h7-8,10-11,15H,2-6,9H2,1H3,(H2,21,23,25)/t15-/m1/s1. The van der Waals surface area contributed by atoms with Crippen LogP contribution in [0, 0.1) is 11.6 Å². The Morgan fingerprint density at radius 3 is 3.00 bits per heavy atom. The van der Waals surface area contributed by atoms with E-state index in [0.717, 1.165) is 49.4 Å². The fraction of sp³-hybridized carbons (Fsp3) is 0.444. The third-order valence-electron chi connectivity index (χ3n) is 4.44. The Morgan fingerprint density at radius 1 is 1.40 bits per heavy atom. The number of unbranched alkanes of at least 4 members (excludes halogenated alkanes) is 1. The Hall–Kier alpha value is -2.44. The lowest BCUT2D eigenvalue weighted by Crippen LogP contribution is -2.39. The van der Waals surface area contributed by atoms with Gasteiger partial charge in [0.25, 0.3) is 0 Å². The molecule has 3 rings (SSSR count). The second kappa shape index (κ2) is 7.63. The first-order valence-electron chi connectivity index (χ1n) is 8.66. The Morgan fingerprint density at radius 2 is 2.24 bits per heavy atom. The summed E-state index contributed by atoms with van der Waals surface area (Å²) >= 11 is 0. The number of carbonyl (C=O) groups excluding carboxylic acids is 1. The Balaban J connectivity index is 1.79. The maximum Gasteiger partial charge on any atom is 0.315 e. The van der Waals surface area contributed by atoms with Gasteiger partial charge in [0, 0.05) is 23.9 Å². The molecule has 25 heavy (non-hydrogen) atoms. The van der Waals surface area contributed by atoms with Crippen LogP contribution in [0.4, 0.5) is 13.6 Å². The number of nitrogens with one attached hydrogen (secondary N) is 2. The predicted molar refractivity (Wildman–Crippen MR) is 90.6 cm³/mol. The Bertz CT molecular complexity index is 760. The molecule has 7 heteroatoms. The average Bonchev–Trinajstić information content (AvgIpc) is 3.00. The predicted octanol–water partition coefficient (Wildman–Crippen LogP) is 3.63. The van der Waals surface area contributed by atoms with E-state index in [0.29, 0.717) is 6.54 Å². The second-order valence-electron chi connectivity index (χ2n) is 6.25. The number of rotatable bonds is 5. The van der Waals surface area contributed by atoms with Crippen molar-refractivity contribution in [2.45, 2.75) is 45.1 Å². The summed E-state index contributed by atoms with van der Waals surface area (Å²) in [6.45, 7) is 2.71. The number of aromatic nitrogens is 2. The third-order valence-corrected chi connectivity index (χ3v) is 4.44. The maximum absolute atomic E-state index is 14.1. The molecule has 1 aromatic carbocycles. The topological polar surface area (TPSA) is 59.0 Å². The van der Waals surface area contributed by atoms with Gasteiger partial charge in [-0.15, -0.1) is 0 Å². The van der Waals surface area contributed by atoms with Gasteiger partial charge in [0.2, 0.25) is 0 Å². The number of amides is 2. The highest BCUT2D eigenvalue weighted by molar-refractivity contribution is 5.74. The molecule has 1 heterocycles. The van der Waals surface area contributed by atoms with Crippen molar-refractivity contribution in [3.05, 3.63) is 47.3 Å². The molecule has 2 amide bonds. The number of hydrogen-bond acceptors (Lipinski definition) is 2. The number of urea groups is 1. The van der Waals surface area contributed by atoms with Gasteiger partial charge >= 0.3 is 6.03 Å². The lowest BCUT2D eigenvalue weighted by atomic mass is 9.93. The smallest absolute Gasteiger partial charge is 0.315 e. The van der Waals surface area contributed by atoms with Crippen molar-refractivity contribution in [3.63, 3.8) is 0 Å². The molecule has 134 valence electrons. The summed E-state index contributed by atoms with van der Waals surface area (Å²) in [6, 6.07) is 3.09. The summed E-state index contributed by atoms with van der Waals surface area (Å²) in [5.41, 5.74) is 1.96. The first kappa shape index (κ1) is 17.4. The second-order valence-corrected chi connectivity index (χ2v) is 6.25. The number of halogens is 2. The number of fused-ring (bicyclic) bond motifs is 1. The van der Waals surface area contributed by atoms with Gasteiger partial charge in [-0.05, 0) is 37.8 Å². The van der Waals surface area contributed by atoms with Crippen molar-refractivity contribution in [2.75, 3.05) is 6.54 Å². The molecule has 1 aliphatic carbocycles. The quantitative estimate of drug-likeness (QED) is 0.811. The van der Waals surface area contributed by atoms with Crippen LogP contribution in [0.25, 0.3) is 5.69 Å². The van der Waals surface area contributed by atoms with E-state index in [4.69, 9.17) is 0 Å². The molecule has 0 saturated heterocycles. The zero-order valence-corrected chi connectivity index (χ0v) is 14.2. The van der Waals surface area contributed by atoms with Crippen molar-refractivity contribution < 1.29 is 13.6 Å². The van der Waals surface area contributed by atoms with Crippen molar-refractivity contribution in [3.8, 4) is 5.69 Å². The molecule has 0 fully saturated rings. The summed E-state index contributed by atoms with van der Waals surface area (Å²) in [7, 11) is 0. The van der Waals surface area contributed by atoms with Gasteiger partial charge in [-0.1, -0.05) is 13.3 Å². The normalized spacial score (nSPS) is 16.4. The van der Waals surface area contributed by atoms with Crippen molar-refractivity contribution in [1.29, 1.82) is 0 Å². The molecule has 0 unspecified atom stereocenters. The molecular formula is C18H22F2N4O. The van der Waals surface area contributed by atoms with Crippen LogP contribution < -0.4 is 10.6 Å². The first-order chi connectivity index (χ1) is 12.1. The lowest BCUT2D eigenvalue weighted by Gasteiger charge is -2.24. The summed E-state index contributed by atoms with van der Waals surface area (Å²) in [5, 5.41) is 10.1. The van der Waals surface area contributed by atoms with Crippen molar-refractivity contribution >= 4 is 6.03 Å². The van der Waals surface area contributed by atoms with Gasteiger partial charge in [-0.2, -0.15) is 5.10 Å². The lowest BCUT2D eigenvalue weighted by molar-refractivity contribution is 0.235. The van der Waals surface area contributed by atoms with Crippen LogP contribution in [-0.2, 0) is 6.42 Å². The number of benzene rings is 1. The van der Waals surface area contributed by atoms with Gasteiger partial charge in [-0.3, -0.25) is 0 Å². The molecule has 0 saturated carbocycles. The molecule has 0 radical (unpaired) electrons. The summed E-state index contributed by atoms with van der Waals surface area (Å²) in [6.07, 6.45) is 6.03. The van der Waals surface area contributed by atoms with Crippen molar-refractivity contribution in [2.24, 2.45) is 0 Å². The van der Waals surface area contributed by atoms with Gasteiger partial charge < -0.3 is 10.6 Å². The summed E-state index contributed by atoms with van der Waals surface area (Å²) in [4.78, 5) is 12.0. The molecule has 0 aliphatic heterocycles. The minimum absolute atomic E-state index is 0.150. The van der Waals surface area contributed by atoms with Gasteiger partial charge in [0.05, 0.1) is 12.2 Å². The highest BCUT2D eigenvalue weighted by Crippen LogP contribution is 2.31. The monoisotopic (exact) mass is 348 g/mol. The Labute approximate surface area is 145 Å². The van der Waals surface area contributed by atoms with Crippen LogP contribution in [0.1, 0.15) is 49.9 Å². The van der Waals surface area contributed by atoms with E-state index in [-0.39, 0.29) is 17.8 Å². The molecule has 1 aliphatic rings. The van der Waals surface area contributed by atoms with Gasteiger partial charge in [0.15, 0.2) is 5.82 Å². The highest BCUT2D eigenvalue weighted by atomic mass is 19.1. The fourth-order valence-corrected chi connectivity index (χ4v) is 3.16. The SMILES string of the molecule is CCCCNC(=O)N[C@@H]1CCCc2c1cnn2-c1ccc(F)cc1F. The van der Waals surface area contributed by atoms with E-state index < -0.39 is 11.6 Å². The molecule has 2 aromatic rings. The molecule has 1 aromatic heterocycles. The van der Waals surface area contributed by atoms with Gasteiger partial charge in [0.1, 0.15) is 11.5 Å². The van der Waals surface area contributed by atoms with Crippen LogP contribution >= 0.6 is 0 Å². The Kier molecular flexibility index (Phi) is 5.31. The first-order valence-corrected chi connectivity index (χ1v) is 8.66. The summed E-state index contributed by atoms with van der Waals surface area (Å²) < 4.78 is 28.7. The van der Waals surface area contributed by atoms with Crippen LogP contribution in [0.15, 0.2) is 24.4 Å². The minimum atomic E-state index is -0.654. The number of carbonyl (C=O) groups is 1. The van der Waals surface area contributed by atoms with Crippen LogP contribution in [-0.4, -0.2) is 22.4 Å². The zero-order valence-electron chi connectivity index (χ0n) is 14.2. The largest absolute Gasteiger partial charge is 0.338 e. The fourth-order valence-electron chi connectivity index (χ4n) is 3.16. The minimum Gasteiger partial charge on any atom is -0.338 e. The molecule has 0 bridgehead atoms. The van der Waals surface area contributed by atoms with Crippen LogP contribution in [0.2, 0.25) is 0 Å². The molecule has 0 spiro atoms. The summed E-state index contributed by atoms with van der Waals surface area (Å²) in [5.74, 6) is -1.27. The molecule has 1 atom stereocenters. The van der Waals surface area contributed by atoms with E-state index >= 15 is 0 Å². The van der Waals surface area contributed by atoms with Crippen LogP contribution in [0.5, 0.6) is 0 Å². The average molecular weight is 348 g/mol. The van der Waals surface area contributed by atoms with Crippen molar-refractivity contribution in [1.82, 2.24) is 20.4 Å². The van der Waals surface area contributed by atoms with E-state index in [2.05, 4.69) is 22.7 Å². The van der Waals surface area contributed by atoms with Gasteiger partial charge in [-0.25, -0.2) is 18.3 Å². The zero-order chi connectivity index (χ0) is 17.8. The number of nitrogens with zero attached hydrogens (tertiary/aromatic N) is 2. The molecule has 2 N–H and O–H groups in total. The third kappa shape index (κ3) is 3.81. The van der Waals surface area contributed by atoms with E-state index in [1.54, 1.807) is 6.20 Å². The highest BCUT2D eigenvalue weighted by Gasteiger charge is 2.26. The van der Waals surface area contributed by atoms with E-state index in [1.807, 2.05) is 0 Å². The van der Waals surface area contributed by atoms with E-state index in [9.17, 15) is 13.6 Å². The molecular weight excluding hydrogens is 326 g/mol. The van der Waals surface area contributed by atoms with Crippen LogP contribution in [0.3, 0.4) is 0 Å². The number of hydrogen-bond donors (Lipinski definition) is 2. The molecule has 5 nitrogen and oxygen atoms in total.